The Morgan fingerprint density at radius 1 is 1.53 bits per heavy atom. The van der Waals surface area contributed by atoms with Gasteiger partial charge in [-0.15, -0.1) is 0 Å². The molecule has 3 nitrogen and oxygen atoms in total. The highest BCUT2D eigenvalue weighted by molar-refractivity contribution is 7.59. The van der Waals surface area contributed by atoms with Crippen LogP contribution in [0.3, 0.4) is 0 Å². The average Bonchev–Trinajstić information content (AvgIpc) is 2.32. The Balaban J connectivity index is 2.16. The molecular weight excluding hydrogens is 235 g/mol. The number of rotatable bonds is 1. The normalized spacial score (nSPS) is 41.3. The Labute approximate surface area is 104 Å². The van der Waals surface area contributed by atoms with Crippen molar-refractivity contribution in [2.45, 2.75) is 45.0 Å². The van der Waals surface area contributed by atoms with E-state index in [9.17, 15) is 5.11 Å². The molecule has 17 heavy (non-hydrogen) atoms. The van der Waals surface area contributed by atoms with Crippen LogP contribution >= 0.6 is 7.55 Å². The fourth-order valence-corrected chi connectivity index (χ4v) is 3.02. The van der Waals surface area contributed by atoms with Crippen LogP contribution in [0.15, 0.2) is 11.1 Å². The average molecular weight is 257 g/mol. The summed E-state index contributed by atoms with van der Waals surface area (Å²) < 4.78 is 11.7. The fourth-order valence-electron chi connectivity index (χ4n) is 2.43. The van der Waals surface area contributed by atoms with E-state index >= 15 is 0 Å². The first kappa shape index (κ1) is 13.1. The summed E-state index contributed by atoms with van der Waals surface area (Å²) in [5.74, 6) is 1.23. The van der Waals surface area contributed by atoms with E-state index in [0.717, 1.165) is 18.6 Å². The molecule has 5 atom stereocenters. The molecule has 96 valence electrons. The molecule has 2 saturated heterocycles. The highest BCUT2D eigenvalue weighted by Gasteiger charge is 2.42. The molecule has 0 aromatic heterocycles. The van der Waals surface area contributed by atoms with Crippen LogP contribution in [0.25, 0.3) is 0 Å². The number of hydrogen-bond acceptors (Lipinski definition) is 3. The van der Waals surface area contributed by atoms with Crippen molar-refractivity contribution in [2.75, 3.05) is 13.3 Å². The van der Waals surface area contributed by atoms with Crippen molar-refractivity contribution in [3.05, 3.63) is 11.1 Å². The quantitative estimate of drug-likeness (QED) is 0.733. The molecule has 0 aromatic carbocycles. The molecule has 2 heterocycles. The van der Waals surface area contributed by atoms with Gasteiger partial charge in [-0.1, -0.05) is 6.92 Å². The predicted octanol–water partition coefficient (Wildman–Crippen LogP) is 2.34. The van der Waals surface area contributed by atoms with Crippen LogP contribution in [0, 0.1) is 5.92 Å². The third-order valence-corrected chi connectivity index (χ3v) is 5.28. The first-order chi connectivity index (χ1) is 8.00. The van der Waals surface area contributed by atoms with Crippen LogP contribution < -0.4 is 0 Å². The van der Waals surface area contributed by atoms with Crippen molar-refractivity contribution >= 4 is 13.8 Å². The van der Waals surface area contributed by atoms with Crippen molar-refractivity contribution in [3.8, 4) is 0 Å². The van der Waals surface area contributed by atoms with Gasteiger partial charge in [-0.05, 0) is 6.42 Å². The summed E-state index contributed by atoms with van der Waals surface area (Å²) in [5.41, 5.74) is 0. The largest absolute Gasteiger partial charge is 0.487 e. The molecule has 0 aromatic rings. The minimum atomic E-state index is -0.404. The zero-order chi connectivity index (χ0) is 12.6. The van der Waals surface area contributed by atoms with Crippen LogP contribution in [0.2, 0.25) is 0 Å². The third kappa shape index (κ3) is 2.57. The topological polar surface area (TPSA) is 38.7 Å². The summed E-state index contributed by atoms with van der Waals surface area (Å²) in [6, 6.07) is 0. The molecule has 5 unspecified atom stereocenters. The molecule has 2 fully saturated rings. The Bertz CT molecular complexity index is 349. The van der Waals surface area contributed by atoms with Gasteiger partial charge in [-0.2, -0.15) is 0 Å². The predicted molar refractivity (Wildman–Crippen MR) is 71.7 cm³/mol. The summed E-state index contributed by atoms with van der Waals surface area (Å²) in [7, 11) is -0.333. The fraction of sp³-hybridized carbons (Fsp3) is 0.769. The zero-order valence-electron chi connectivity index (χ0n) is 10.8. The Kier molecular flexibility index (Phi) is 3.92. The van der Waals surface area contributed by atoms with Crippen molar-refractivity contribution in [1.82, 2.24) is 0 Å². The van der Waals surface area contributed by atoms with E-state index in [1.54, 1.807) is 0 Å². The van der Waals surface area contributed by atoms with Gasteiger partial charge in [0.05, 0.1) is 25.1 Å². The van der Waals surface area contributed by atoms with E-state index in [1.807, 2.05) is 6.92 Å². The monoisotopic (exact) mass is 257 g/mol. The van der Waals surface area contributed by atoms with E-state index in [-0.39, 0.29) is 25.7 Å². The number of hydrogen-bond donors (Lipinski definition) is 1. The summed E-state index contributed by atoms with van der Waals surface area (Å²) in [6.07, 6.45) is 5.79. The highest BCUT2D eigenvalue weighted by atomic mass is 31.1. The van der Waals surface area contributed by atoms with Gasteiger partial charge in [0.15, 0.2) is 5.31 Å². The summed E-state index contributed by atoms with van der Waals surface area (Å²) in [6.45, 7) is 6.74. The Morgan fingerprint density at radius 3 is 2.88 bits per heavy atom. The molecule has 0 saturated carbocycles. The lowest BCUT2D eigenvalue weighted by Crippen LogP contribution is -2.50. The first-order valence-corrected chi connectivity index (χ1v) is 8.18. The SMILES string of the molecule is C=[P+](C)C(C)=C1CCC2OCC(O)C(C)C2O1. The molecular formula is C13H22O3P+. The smallest absolute Gasteiger partial charge is 0.159 e. The van der Waals surface area contributed by atoms with Crippen LogP contribution in [-0.4, -0.2) is 43.0 Å². The summed E-state index contributed by atoms with van der Waals surface area (Å²) >= 11 is 0. The van der Waals surface area contributed by atoms with Crippen molar-refractivity contribution in [2.24, 2.45) is 5.92 Å². The molecule has 0 radical (unpaired) electrons. The van der Waals surface area contributed by atoms with E-state index < -0.39 is 6.10 Å². The van der Waals surface area contributed by atoms with Crippen LogP contribution in [0.4, 0.5) is 0 Å². The number of aliphatic hydroxyl groups excluding tert-OH is 1. The molecule has 0 aliphatic carbocycles. The van der Waals surface area contributed by atoms with E-state index in [4.69, 9.17) is 9.47 Å². The molecule has 2 aliphatic heterocycles. The van der Waals surface area contributed by atoms with Crippen LogP contribution in [0.1, 0.15) is 26.7 Å². The lowest BCUT2D eigenvalue weighted by atomic mass is 9.87. The van der Waals surface area contributed by atoms with Crippen molar-refractivity contribution in [1.29, 1.82) is 0 Å². The van der Waals surface area contributed by atoms with Gasteiger partial charge in [0.2, 0.25) is 0 Å². The Morgan fingerprint density at radius 2 is 2.24 bits per heavy atom. The van der Waals surface area contributed by atoms with Gasteiger partial charge < -0.3 is 14.6 Å². The maximum absolute atomic E-state index is 9.82. The van der Waals surface area contributed by atoms with Gasteiger partial charge in [-0.3, -0.25) is 0 Å². The van der Waals surface area contributed by atoms with Crippen LogP contribution in [-0.2, 0) is 9.47 Å². The summed E-state index contributed by atoms with van der Waals surface area (Å²) in [4.78, 5) is 0. The van der Waals surface area contributed by atoms with Gasteiger partial charge in [0.1, 0.15) is 26.1 Å². The van der Waals surface area contributed by atoms with Crippen molar-refractivity contribution in [3.63, 3.8) is 0 Å². The maximum atomic E-state index is 9.82. The molecule has 2 rings (SSSR count). The molecule has 2 aliphatic rings. The van der Waals surface area contributed by atoms with Gasteiger partial charge in [0, 0.05) is 19.3 Å². The lowest BCUT2D eigenvalue weighted by molar-refractivity contribution is -0.177. The minimum absolute atomic E-state index is 0.00685. The second-order valence-corrected chi connectivity index (χ2v) is 7.19. The van der Waals surface area contributed by atoms with Gasteiger partial charge in [-0.25, -0.2) is 0 Å². The number of aliphatic hydroxyl groups is 1. The van der Waals surface area contributed by atoms with Gasteiger partial charge >= 0.3 is 0 Å². The third-order valence-electron chi connectivity index (χ3n) is 3.88. The summed E-state index contributed by atoms with van der Waals surface area (Å²) in [5, 5.41) is 11.1. The Hall–Kier alpha value is -0.370. The molecule has 0 amide bonds. The number of ether oxygens (including phenoxy) is 2. The highest BCUT2D eigenvalue weighted by Crippen LogP contribution is 2.39. The second-order valence-electron chi connectivity index (χ2n) is 5.13. The van der Waals surface area contributed by atoms with Crippen molar-refractivity contribution < 1.29 is 14.6 Å². The lowest BCUT2D eigenvalue weighted by Gasteiger charge is -2.42. The molecule has 1 N–H and O–H groups in total. The van der Waals surface area contributed by atoms with E-state index in [0.29, 0.717) is 6.61 Å². The minimum Gasteiger partial charge on any atom is -0.487 e. The standard InChI is InChI=1S/C13H22O3P/c1-8-10(14)7-15-12-6-5-11(16-13(8)12)9(2)17(3)4/h8,10,12-14H,3,5-7H2,1-2,4H3/q+1. The van der Waals surface area contributed by atoms with Crippen LogP contribution in [0.5, 0.6) is 0 Å². The molecule has 0 spiro atoms. The van der Waals surface area contributed by atoms with Gasteiger partial charge in [0.25, 0.3) is 0 Å². The second kappa shape index (κ2) is 5.09. The van der Waals surface area contributed by atoms with E-state index in [1.165, 1.54) is 5.31 Å². The number of allylic oxidation sites excluding steroid dienone is 2. The van der Waals surface area contributed by atoms with E-state index in [2.05, 4.69) is 19.9 Å². The first-order valence-electron chi connectivity index (χ1n) is 6.21. The molecule has 0 bridgehead atoms. The molecule has 4 heteroatoms. The number of fused-ring (bicyclic) bond motifs is 1. The maximum Gasteiger partial charge on any atom is 0.159 e. The zero-order valence-corrected chi connectivity index (χ0v) is 11.7.